The lowest BCUT2D eigenvalue weighted by Gasteiger charge is -2.14. The summed E-state index contributed by atoms with van der Waals surface area (Å²) in [5, 5.41) is 16.5. The van der Waals surface area contributed by atoms with Gasteiger partial charge >= 0.3 is 12.0 Å². The van der Waals surface area contributed by atoms with Crippen molar-refractivity contribution in [1.29, 1.82) is 0 Å². The number of aromatic nitrogens is 3. The predicted octanol–water partition coefficient (Wildman–Crippen LogP) is 0.789. The van der Waals surface area contributed by atoms with Crippen LogP contribution in [0.1, 0.15) is 22.5 Å². The Labute approximate surface area is 192 Å². The van der Waals surface area contributed by atoms with Gasteiger partial charge in [0.2, 0.25) is 5.95 Å². The first-order valence-electron chi connectivity index (χ1n) is 10.00. The van der Waals surface area contributed by atoms with E-state index in [4.69, 9.17) is 11.5 Å². The van der Waals surface area contributed by atoms with Crippen LogP contribution >= 0.6 is 0 Å². The highest BCUT2D eigenvalue weighted by Gasteiger charge is 2.21. The Morgan fingerprint density at radius 3 is 2.41 bits per heavy atom. The third kappa shape index (κ3) is 6.29. The lowest BCUT2D eigenvalue weighted by atomic mass is 10.1. The molecule has 0 spiro atoms. The molecule has 0 saturated heterocycles. The van der Waals surface area contributed by atoms with Gasteiger partial charge in [-0.1, -0.05) is 30.3 Å². The molecule has 176 valence electrons. The summed E-state index contributed by atoms with van der Waals surface area (Å²) in [6.07, 6.45) is 1.87. The molecule has 0 unspecified atom stereocenters. The highest BCUT2D eigenvalue weighted by molar-refractivity contribution is 6.01. The monoisotopic (exact) mass is 466 g/mol. The minimum absolute atomic E-state index is 0.0413. The van der Waals surface area contributed by atoms with Gasteiger partial charge in [0.05, 0.1) is 11.9 Å². The molecular weight excluding hydrogens is 444 g/mol. The van der Waals surface area contributed by atoms with E-state index in [9.17, 15) is 24.3 Å². The number of carboxylic acids is 1. The van der Waals surface area contributed by atoms with Gasteiger partial charge in [0.25, 0.3) is 11.5 Å². The Morgan fingerprint density at radius 2 is 1.79 bits per heavy atom. The average molecular weight is 466 g/mol. The van der Waals surface area contributed by atoms with Crippen molar-refractivity contribution in [3.05, 3.63) is 70.3 Å². The number of nitrogen functional groups attached to an aromatic ring is 2. The van der Waals surface area contributed by atoms with Crippen molar-refractivity contribution in [3.8, 4) is 0 Å². The van der Waals surface area contributed by atoms with Crippen molar-refractivity contribution >= 4 is 41.0 Å². The first-order valence-corrected chi connectivity index (χ1v) is 10.00. The van der Waals surface area contributed by atoms with Gasteiger partial charge in [-0.15, -0.1) is 0 Å². The summed E-state index contributed by atoms with van der Waals surface area (Å²) in [5.74, 6) is -2.30. The fourth-order valence-corrected chi connectivity index (χ4v) is 2.95. The molecule has 13 heteroatoms. The number of rotatable bonds is 8. The summed E-state index contributed by atoms with van der Waals surface area (Å²) in [6, 6.07) is 10.1. The second-order valence-electron chi connectivity index (χ2n) is 7.11. The number of nitrogens with one attached hydrogen (secondary N) is 4. The van der Waals surface area contributed by atoms with Crippen LogP contribution in [-0.4, -0.2) is 44.0 Å². The molecule has 0 bridgehead atoms. The highest BCUT2D eigenvalue weighted by Crippen LogP contribution is 2.12. The Hall–Kier alpha value is -4.94. The van der Waals surface area contributed by atoms with E-state index in [1.165, 1.54) is 18.3 Å². The van der Waals surface area contributed by atoms with Crippen molar-refractivity contribution in [2.45, 2.75) is 18.9 Å². The standard InChI is InChI=1S/C21H22N8O5/c22-16-15(18(31)29-20(23)28-16)27-21(34)25-12-7-9-13(24-10-12)17(30)26-14(19(32)33)8-6-11-4-2-1-3-5-11/h1-5,7,9-10,14H,6,8H2,(H,26,30)(H,32,33)(H2,25,27,34)(H5,22,23,28,29,31)/t14-/m0/s1. The van der Waals surface area contributed by atoms with Crippen molar-refractivity contribution < 1.29 is 19.5 Å². The van der Waals surface area contributed by atoms with E-state index in [2.05, 4.69) is 30.9 Å². The number of carbonyl (C=O) groups excluding carboxylic acids is 2. The van der Waals surface area contributed by atoms with Crippen LogP contribution in [0, 0.1) is 0 Å². The van der Waals surface area contributed by atoms with Gasteiger partial charge in [-0.25, -0.2) is 14.6 Å². The largest absolute Gasteiger partial charge is 0.480 e. The van der Waals surface area contributed by atoms with Crippen LogP contribution in [0.4, 0.5) is 27.9 Å². The second kappa shape index (κ2) is 10.6. The van der Waals surface area contributed by atoms with Gasteiger partial charge in [-0.2, -0.15) is 4.98 Å². The SMILES string of the molecule is Nc1nc(N)c(NC(=O)Nc2ccc(C(=O)N[C@@H](CCc3ccccc3)C(=O)O)nc2)c(=O)[nH]1. The normalized spacial score (nSPS) is 11.3. The zero-order valence-corrected chi connectivity index (χ0v) is 17.7. The Kier molecular flexibility index (Phi) is 7.38. The lowest BCUT2D eigenvalue weighted by Crippen LogP contribution is -2.41. The minimum Gasteiger partial charge on any atom is -0.480 e. The predicted molar refractivity (Wildman–Crippen MR) is 124 cm³/mol. The van der Waals surface area contributed by atoms with Crippen LogP contribution in [-0.2, 0) is 11.2 Å². The molecule has 0 aliphatic heterocycles. The molecule has 13 nitrogen and oxygen atoms in total. The molecule has 2 aromatic heterocycles. The number of hydrogen-bond acceptors (Lipinski definition) is 8. The molecule has 1 aromatic carbocycles. The number of H-pyrrole nitrogens is 1. The number of pyridine rings is 1. The number of hydrogen-bond donors (Lipinski definition) is 7. The fraction of sp³-hybridized carbons (Fsp3) is 0.143. The van der Waals surface area contributed by atoms with E-state index >= 15 is 0 Å². The average Bonchev–Trinajstić information content (AvgIpc) is 2.80. The van der Waals surface area contributed by atoms with Crippen molar-refractivity contribution in [2.24, 2.45) is 0 Å². The van der Waals surface area contributed by atoms with Crippen LogP contribution in [0.15, 0.2) is 53.5 Å². The molecule has 1 atom stereocenters. The fourth-order valence-electron chi connectivity index (χ4n) is 2.95. The van der Waals surface area contributed by atoms with Gasteiger partial charge in [0.15, 0.2) is 11.5 Å². The molecule has 0 aliphatic carbocycles. The molecule has 3 rings (SSSR count). The lowest BCUT2D eigenvalue weighted by molar-refractivity contribution is -0.139. The number of carboxylic acid groups (broad SMARTS) is 1. The zero-order valence-electron chi connectivity index (χ0n) is 17.7. The van der Waals surface area contributed by atoms with E-state index in [1.54, 1.807) is 0 Å². The number of benzene rings is 1. The number of aromatic amines is 1. The molecule has 9 N–H and O–H groups in total. The molecule has 2 heterocycles. The number of aryl methyl sites for hydroxylation is 1. The number of aliphatic carboxylic acids is 1. The molecule has 0 fully saturated rings. The van der Waals surface area contributed by atoms with Gasteiger partial charge in [0.1, 0.15) is 11.7 Å². The Balaban J connectivity index is 1.58. The van der Waals surface area contributed by atoms with Crippen LogP contribution in [0.3, 0.4) is 0 Å². The summed E-state index contributed by atoms with van der Waals surface area (Å²) < 4.78 is 0. The summed E-state index contributed by atoms with van der Waals surface area (Å²) in [7, 11) is 0. The number of nitrogens with two attached hydrogens (primary N) is 2. The number of urea groups is 1. The van der Waals surface area contributed by atoms with Crippen molar-refractivity contribution in [2.75, 3.05) is 22.1 Å². The summed E-state index contributed by atoms with van der Waals surface area (Å²) in [4.78, 5) is 57.8. The summed E-state index contributed by atoms with van der Waals surface area (Å²) >= 11 is 0. The summed E-state index contributed by atoms with van der Waals surface area (Å²) in [5.41, 5.74) is 11.0. The Bertz CT molecular complexity index is 1240. The Morgan fingerprint density at radius 1 is 1.06 bits per heavy atom. The first kappa shape index (κ1) is 23.7. The molecule has 3 amide bonds. The molecule has 0 radical (unpaired) electrons. The maximum absolute atomic E-state index is 12.4. The zero-order chi connectivity index (χ0) is 24.7. The topological polar surface area (TPSA) is 218 Å². The third-order valence-electron chi connectivity index (χ3n) is 4.63. The van der Waals surface area contributed by atoms with Crippen molar-refractivity contribution in [3.63, 3.8) is 0 Å². The smallest absolute Gasteiger partial charge is 0.326 e. The van der Waals surface area contributed by atoms with Crippen LogP contribution in [0.2, 0.25) is 0 Å². The van der Waals surface area contributed by atoms with E-state index in [1.807, 2.05) is 30.3 Å². The van der Waals surface area contributed by atoms with Crippen LogP contribution in [0.25, 0.3) is 0 Å². The van der Waals surface area contributed by atoms with Gasteiger partial charge in [0, 0.05) is 0 Å². The third-order valence-corrected chi connectivity index (χ3v) is 4.63. The minimum atomic E-state index is -1.16. The van der Waals surface area contributed by atoms with E-state index in [0.717, 1.165) is 5.56 Å². The maximum atomic E-state index is 12.4. The number of nitrogens with zero attached hydrogens (tertiary/aromatic N) is 2. The van der Waals surface area contributed by atoms with Gasteiger partial charge < -0.3 is 27.2 Å². The number of amides is 3. The quantitative estimate of drug-likeness (QED) is 0.249. The maximum Gasteiger partial charge on any atom is 0.326 e. The molecule has 0 saturated carbocycles. The molecule has 0 aliphatic rings. The summed E-state index contributed by atoms with van der Waals surface area (Å²) in [6.45, 7) is 0. The van der Waals surface area contributed by atoms with Gasteiger partial charge in [-0.3, -0.25) is 19.9 Å². The van der Waals surface area contributed by atoms with E-state index < -0.39 is 29.5 Å². The second-order valence-corrected chi connectivity index (χ2v) is 7.11. The van der Waals surface area contributed by atoms with E-state index in [0.29, 0.717) is 6.42 Å². The first-order chi connectivity index (χ1) is 16.2. The van der Waals surface area contributed by atoms with E-state index in [-0.39, 0.29) is 35.3 Å². The number of anilines is 4. The number of carbonyl (C=O) groups is 3. The molecule has 34 heavy (non-hydrogen) atoms. The van der Waals surface area contributed by atoms with Crippen LogP contribution in [0.5, 0.6) is 0 Å². The van der Waals surface area contributed by atoms with Crippen LogP contribution < -0.4 is 33.0 Å². The van der Waals surface area contributed by atoms with Crippen molar-refractivity contribution in [1.82, 2.24) is 20.3 Å². The molecule has 3 aromatic rings. The van der Waals surface area contributed by atoms with Gasteiger partial charge in [-0.05, 0) is 30.5 Å². The molecular formula is C21H22N8O5. The highest BCUT2D eigenvalue weighted by atomic mass is 16.4.